The van der Waals surface area contributed by atoms with E-state index in [2.05, 4.69) is 5.16 Å². The van der Waals surface area contributed by atoms with E-state index in [1.54, 1.807) is 32.4 Å². The van der Waals surface area contributed by atoms with Gasteiger partial charge < -0.3 is 19.0 Å². The van der Waals surface area contributed by atoms with Gasteiger partial charge in [0.05, 0.1) is 43.8 Å². The number of carbonyl (C=O) groups is 2. The Morgan fingerprint density at radius 1 is 0.875 bits per heavy atom. The minimum Gasteiger partial charge on any atom is -0.497 e. The van der Waals surface area contributed by atoms with Gasteiger partial charge in [-0.2, -0.15) is 0 Å². The van der Waals surface area contributed by atoms with E-state index >= 15 is 0 Å². The Morgan fingerprint density at radius 2 is 1.59 bits per heavy atom. The van der Waals surface area contributed by atoms with Gasteiger partial charge in [0.1, 0.15) is 23.3 Å². The van der Waals surface area contributed by atoms with Crippen LogP contribution in [-0.2, 0) is 19.2 Å². The van der Waals surface area contributed by atoms with Gasteiger partial charge in [-0.15, -0.1) is 0 Å². The lowest BCUT2D eigenvalue weighted by atomic mass is 9.71. The van der Waals surface area contributed by atoms with E-state index in [1.165, 1.54) is 4.90 Å². The molecule has 0 spiro atoms. The maximum absolute atomic E-state index is 13.4. The number of carbonyl (C=O) groups excluding carboxylic acids is 2. The third-order valence-corrected chi connectivity index (χ3v) is 7.02. The second-order valence-corrected chi connectivity index (χ2v) is 8.60. The predicted molar refractivity (Wildman–Crippen MR) is 114 cm³/mol. The summed E-state index contributed by atoms with van der Waals surface area (Å²) in [5, 5.41) is 4.34. The fourth-order valence-electron chi connectivity index (χ4n) is 5.54. The molecule has 164 valence electrons. The molecule has 0 N–H and O–H groups in total. The Morgan fingerprint density at radius 3 is 2.28 bits per heavy atom. The number of amides is 2. The number of aryl methyl sites for hydroxylation is 1. The Balaban J connectivity index is 1.35. The third kappa shape index (κ3) is 2.44. The van der Waals surface area contributed by atoms with Crippen molar-refractivity contribution in [1.82, 2.24) is 0 Å². The van der Waals surface area contributed by atoms with Gasteiger partial charge in [0.2, 0.25) is 11.8 Å². The minimum absolute atomic E-state index is 0.220. The normalized spacial score (nSPS) is 32.0. The van der Waals surface area contributed by atoms with Crippen molar-refractivity contribution in [3.63, 3.8) is 0 Å². The lowest BCUT2D eigenvalue weighted by Crippen LogP contribution is -2.45. The van der Waals surface area contributed by atoms with E-state index < -0.39 is 30.1 Å². The summed E-state index contributed by atoms with van der Waals surface area (Å²) in [7, 11) is 3.17. The van der Waals surface area contributed by atoms with Gasteiger partial charge in [-0.25, -0.2) is 4.90 Å². The standard InChI is InChI=1S/C24H22N2O6/c1-11-4-6-12(7-5-11)26-23(27)16-17(24(26)28)21-22-18(20(16)31-21)19(25-32-22)14-9-8-13(29-2)10-15(14)30-3/h4-10,16-18,20-22H,1-3H3/t16-,17-,18+,20-,21+,22+/m1/s1. The van der Waals surface area contributed by atoms with Crippen LogP contribution in [0.2, 0.25) is 0 Å². The molecular weight excluding hydrogens is 412 g/mol. The maximum atomic E-state index is 13.4. The van der Waals surface area contributed by atoms with Crippen LogP contribution in [-0.4, -0.2) is 50.1 Å². The zero-order chi connectivity index (χ0) is 22.1. The van der Waals surface area contributed by atoms with Crippen LogP contribution in [0.4, 0.5) is 5.69 Å². The first-order valence-electron chi connectivity index (χ1n) is 10.6. The molecule has 4 aliphatic heterocycles. The van der Waals surface area contributed by atoms with E-state index in [0.717, 1.165) is 11.1 Å². The largest absolute Gasteiger partial charge is 0.497 e. The highest BCUT2D eigenvalue weighted by Gasteiger charge is 2.72. The first-order chi connectivity index (χ1) is 15.5. The molecule has 2 aromatic rings. The van der Waals surface area contributed by atoms with Gasteiger partial charge in [0.15, 0.2) is 6.10 Å². The third-order valence-electron chi connectivity index (χ3n) is 7.02. The number of hydrogen-bond donors (Lipinski definition) is 0. The highest BCUT2D eigenvalue weighted by Crippen LogP contribution is 2.55. The average Bonchev–Trinajstić information content (AvgIpc) is 3.54. The fraction of sp³-hybridized carbons (Fsp3) is 0.375. The van der Waals surface area contributed by atoms with Crippen molar-refractivity contribution in [3.05, 3.63) is 53.6 Å². The number of benzene rings is 2. The van der Waals surface area contributed by atoms with Crippen LogP contribution in [0.3, 0.4) is 0 Å². The number of hydrogen-bond acceptors (Lipinski definition) is 7. The minimum atomic E-state index is -0.553. The van der Waals surface area contributed by atoms with Gasteiger partial charge in [-0.05, 0) is 31.2 Å². The highest BCUT2D eigenvalue weighted by molar-refractivity contribution is 6.23. The van der Waals surface area contributed by atoms with Gasteiger partial charge in [-0.1, -0.05) is 22.9 Å². The van der Waals surface area contributed by atoms with Crippen molar-refractivity contribution in [1.29, 1.82) is 0 Å². The zero-order valence-corrected chi connectivity index (χ0v) is 17.8. The van der Waals surface area contributed by atoms with Crippen molar-refractivity contribution in [2.75, 3.05) is 19.1 Å². The molecule has 6 atom stereocenters. The van der Waals surface area contributed by atoms with Gasteiger partial charge in [0, 0.05) is 11.6 Å². The summed E-state index contributed by atoms with van der Waals surface area (Å²) in [4.78, 5) is 33.8. The van der Waals surface area contributed by atoms with Gasteiger partial charge in [0.25, 0.3) is 0 Å². The number of methoxy groups -OCH3 is 2. The molecular formula is C24H22N2O6. The van der Waals surface area contributed by atoms with E-state index in [0.29, 0.717) is 22.9 Å². The molecule has 6 rings (SSSR count). The van der Waals surface area contributed by atoms with Crippen molar-refractivity contribution < 1.29 is 28.6 Å². The summed E-state index contributed by atoms with van der Waals surface area (Å²) in [6.07, 6.45) is -1.39. The molecule has 4 aliphatic rings. The van der Waals surface area contributed by atoms with E-state index in [4.69, 9.17) is 19.0 Å². The van der Waals surface area contributed by atoms with Crippen LogP contribution < -0.4 is 14.4 Å². The zero-order valence-electron chi connectivity index (χ0n) is 17.8. The number of ether oxygens (including phenoxy) is 3. The van der Waals surface area contributed by atoms with Crippen molar-refractivity contribution in [3.8, 4) is 11.5 Å². The second-order valence-electron chi connectivity index (χ2n) is 8.60. The Bertz CT molecular complexity index is 1160. The van der Waals surface area contributed by atoms with Crippen molar-refractivity contribution in [2.45, 2.75) is 25.2 Å². The molecule has 0 unspecified atom stereocenters. The average molecular weight is 434 g/mol. The number of anilines is 1. The first-order valence-corrected chi connectivity index (χ1v) is 10.6. The number of nitrogens with zero attached hydrogens (tertiary/aromatic N) is 2. The molecule has 8 heteroatoms. The van der Waals surface area contributed by atoms with Crippen LogP contribution in [0, 0.1) is 24.7 Å². The highest BCUT2D eigenvalue weighted by atomic mass is 16.7. The lowest BCUT2D eigenvalue weighted by Gasteiger charge is -2.26. The van der Waals surface area contributed by atoms with Gasteiger partial charge >= 0.3 is 0 Å². The summed E-state index contributed by atoms with van der Waals surface area (Å²) >= 11 is 0. The molecule has 2 aromatic carbocycles. The van der Waals surface area contributed by atoms with E-state index in [-0.39, 0.29) is 17.7 Å². The maximum Gasteiger partial charge on any atom is 0.240 e. The molecule has 4 heterocycles. The summed E-state index contributed by atoms with van der Waals surface area (Å²) in [6, 6.07) is 12.9. The molecule has 0 radical (unpaired) electrons. The molecule has 3 saturated heterocycles. The fourth-order valence-corrected chi connectivity index (χ4v) is 5.54. The lowest BCUT2D eigenvalue weighted by molar-refractivity contribution is -0.125. The van der Waals surface area contributed by atoms with E-state index in [9.17, 15) is 9.59 Å². The SMILES string of the molecule is COc1ccc(C2=NO[C@@H]3[C@H]4O[C@@H]([C@H]23)[C@@H]2C(=O)N(c3ccc(C)cc3)C(=O)[C@@H]42)c(OC)c1. The smallest absolute Gasteiger partial charge is 0.240 e. The molecule has 2 bridgehead atoms. The Hall–Kier alpha value is -3.39. The Labute approximate surface area is 184 Å². The number of imide groups is 1. The van der Waals surface area contributed by atoms with Crippen molar-refractivity contribution >= 4 is 23.2 Å². The monoisotopic (exact) mass is 434 g/mol. The quantitative estimate of drug-likeness (QED) is 0.687. The van der Waals surface area contributed by atoms with Crippen LogP contribution in [0.15, 0.2) is 47.6 Å². The molecule has 8 nitrogen and oxygen atoms in total. The Kier molecular flexibility index (Phi) is 4.10. The van der Waals surface area contributed by atoms with Crippen LogP contribution >= 0.6 is 0 Å². The van der Waals surface area contributed by atoms with Crippen LogP contribution in [0.1, 0.15) is 11.1 Å². The summed E-state index contributed by atoms with van der Waals surface area (Å²) in [6.45, 7) is 1.97. The van der Waals surface area contributed by atoms with Crippen LogP contribution in [0.5, 0.6) is 11.5 Å². The predicted octanol–water partition coefficient (Wildman–Crippen LogP) is 2.32. The van der Waals surface area contributed by atoms with Gasteiger partial charge in [-0.3, -0.25) is 9.59 Å². The number of fused-ring (bicyclic) bond motifs is 8. The molecule has 32 heavy (non-hydrogen) atoms. The van der Waals surface area contributed by atoms with Crippen molar-refractivity contribution in [2.24, 2.45) is 22.9 Å². The summed E-state index contributed by atoms with van der Waals surface area (Å²) in [5.74, 6) is -0.540. The first kappa shape index (κ1) is 19.3. The van der Waals surface area contributed by atoms with E-state index in [1.807, 2.05) is 31.2 Å². The molecule has 0 saturated carbocycles. The topological polar surface area (TPSA) is 86.7 Å². The summed E-state index contributed by atoms with van der Waals surface area (Å²) in [5.41, 5.74) is 3.10. The summed E-state index contributed by atoms with van der Waals surface area (Å²) < 4.78 is 17.0. The molecule has 2 amide bonds. The molecule has 3 fully saturated rings. The number of oxime groups is 1. The molecule has 0 aromatic heterocycles. The number of rotatable bonds is 4. The molecule has 0 aliphatic carbocycles. The van der Waals surface area contributed by atoms with Crippen LogP contribution in [0.25, 0.3) is 0 Å². The second kappa shape index (κ2) is 6.80.